The summed E-state index contributed by atoms with van der Waals surface area (Å²) in [6.45, 7) is 0.568. The quantitative estimate of drug-likeness (QED) is 0.615. The van der Waals surface area contributed by atoms with Crippen LogP contribution in [-0.4, -0.2) is 23.4 Å². The molecule has 2 saturated carbocycles. The molecule has 0 aromatic carbocycles. The molecule has 4 atom stereocenters. The maximum atomic E-state index is 9.08. The van der Waals surface area contributed by atoms with E-state index in [1.54, 1.807) is 0 Å². The van der Waals surface area contributed by atoms with Crippen LogP contribution in [0.5, 0.6) is 0 Å². The van der Waals surface area contributed by atoms with Gasteiger partial charge in [0.1, 0.15) is 0 Å². The predicted molar refractivity (Wildman–Crippen MR) is 42.0 cm³/mol. The predicted octanol–water partition coefficient (Wildman–Crippen LogP) is 0.633. The molecule has 0 saturated heterocycles. The minimum absolute atomic E-state index is 0.284. The maximum Gasteiger partial charge on any atom is 0.0465 e. The number of rotatable bonds is 2. The molecule has 2 aliphatic rings. The summed E-state index contributed by atoms with van der Waals surface area (Å²) in [5.41, 5.74) is 0. The minimum Gasteiger partial charge on any atom is -0.396 e. The lowest BCUT2D eigenvalue weighted by atomic mass is 9.80. The van der Waals surface area contributed by atoms with Gasteiger partial charge in [-0.1, -0.05) is 0 Å². The number of aliphatic hydroxyl groups is 2. The summed E-state index contributed by atoms with van der Waals surface area (Å²) in [4.78, 5) is 0. The Morgan fingerprint density at radius 3 is 1.73 bits per heavy atom. The van der Waals surface area contributed by atoms with E-state index in [1.807, 2.05) is 0 Å². The van der Waals surface area contributed by atoms with E-state index in [0.717, 1.165) is 11.8 Å². The van der Waals surface area contributed by atoms with Crippen LogP contribution in [0.2, 0.25) is 0 Å². The number of hydrogen-bond donors (Lipinski definition) is 2. The third-order valence-corrected chi connectivity index (χ3v) is 3.70. The topological polar surface area (TPSA) is 40.5 Å². The van der Waals surface area contributed by atoms with E-state index in [9.17, 15) is 0 Å². The second kappa shape index (κ2) is 2.76. The Morgan fingerprint density at radius 2 is 1.36 bits per heavy atom. The van der Waals surface area contributed by atoms with E-state index in [1.165, 1.54) is 19.3 Å². The van der Waals surface area contributed by atoms with Gasteiger partial charge in [0.05, 0.1) is 0 Å². The summed E-state index contributed by atoms with van der Waals surface area (Å²) in [6, 6.07) is 0. The summed E-state index contributed by atoms with van der Waals surface area (Å²) >= 11 is 0. The molecule has 0 heterocycles. The van der Waals surface area contributed by atoms with Crippen LogP contribution in [0.4, 0.5) is 0 Å². The molecule has 0 aromatic rings. The highest BCUT2D eigenvalue weighted by Crippen LogP contribution is 2.51. The van der Waals surface area contributed by atoms with E-state index in [0.29, 0.717) is 11.8 Å². The van der Waals surface area contributed by atoms with Crippen LogP contribution < -0.4 is 0 Å². The molecule has 11 heavy (non-hydrogen) atoms. The minimum atomic E-state index is 0.284. The summed E-state index contributed by atoms with van der Waals surface area (Å²) in [5, 5.41) is 18.2. The van der Waals surface area contributed by atoms with Crippen LogP contribution in [-0.2, 0) is 0 Å². The van der Waals surface area contributed by atoms with Gasteiger partial charge in [0.25, 0.3) is 0 Å². The summed E-state index contributed by atoms with van der Waals surface area (Å²) in [7, 11) is 0. The lowest BCUT2D eigenvalue weighted by Gasteiger charge is -2.27. The van der Waals surface area contributed by atoms with Gasteiger partial charge >= 0.3 is 0 Å². The zero-order valence-corrected chi connectivity index (χ0v) is 6.74. The summed E-state index contributed by atoms with van der Waals surface area (Å²) in [5.74, 6) is 2.28. The molecule has 0 aromatic heterocycles. The van der Waals surface area contributed by atoms with Gasteiger partial charge in [0.15, 0.2) is 0 Å². The van der Waals surface area contributed by atoms with Gasteiger partial charge in [-0.25, -0.2) is 0 Å². The van der Waals surface area contributed by atoms with Crippen molar-refractivity contribution in [2.45, 2.75) is 19.3 Å². The molecular weight excluding hydrogens is 140 g/mol. The van der Waals surface area contributed by atoms with Gasteiger partial charge in [-0.3, -0.25) is 0 Å². The molecule has 2 rings (SSSR count). The Morgan fingerprint density at radius 1 is 0.909 bits per heavy atom. The van der Waals surface area contributed by atoms with Crippen molar-refractivity contribution in [3.8, 4) is 0 Å². The van der Waals surface area contributed by atoms with E-state index < -0.39 is 0 Å². The average Bonchev–Trinajstić information content (AvgIpc) is 2.60. The molecule has 2 nitrogen and oxygen atoms in total. The van der Waals surface area contributed by atoms with Crippen molar-refractivity contribution in [3.63, 3.8) is 0 Å². The standard InChI is InChI=1S/C9H16O2/c10-4-8-6-1-2-7(3-6)9(8)5-11/h6-11H,1-5H2/t6-,7+,8-,9+. The number of fused-ring (bicyclic) bond motifs is 2. The van der Waals surface area contributed by atoms with Gasteiger partial charge in [0.2, 0.25) is 0 Å². The smallest absolute Gasteiger partial charge is 0.0465 e. The molecule has 2 aliphatic carbocycles. The van der Waals surface area contributed by atoms with Crippen LogP contribution in [0.15, 0.2) is 0 Å². The van der Waals surface area contributed by atoms with Crippen LogP contribution >= 0.6 is 0 Å². The van der Waals surface area contributed by atoms with Crippen LogP contribution in [0.3, 0.4) is 0 Å². The van der Waals surface area contributed by atoms with Crippen molar-refractivity contribution < 1.29 is 10.2 Å². The Bertz CT molecular complexity index is 130. The fourth-order valence-electron chi connectivity index (χ4n) is 3.10. The van der Waals surface area contributed by atoms with Gasteiger partial charge in [-0.15, -0.1) is 0 Å². The van der Waals surface area contributed by atoms with E-state index in [4.69, 9.17) is 10.2 Å². The molecule has 0 radical (unpaired) electrons. The molecule has 0 unspecified atom stereocenters. The highest BCUT2D eigenvalue weighted by Gasteiger charge is 2.46. The van der Waals surface area contributed by atoms with E-state index in [2.05, 4.69) is 0 Å². The van der Waals surface area contributed by atoms with Crippen molar-refractivity contribution in [2.24, 2.45) is 23.7 Å². The third-order valence-electron chi connectivity index (χ3n) is 3.70. The summed E-state index contributed by atoms with van der Waals surface area (Å²) < 4.78 is 0. The Hall–Kier alpha value is -0.0800. The van der Waals surface area contributed by atoms with Gasteiger partial charge in [-0.2, -0.15) is 0 Å². The maximum absolute atomic E-state index is 9.08. The molecular formula is C9H16O2. The molecule has 64 valence electrons. The highest BCUT2D eigenvalue weighted by molar-refractivity contribution is 4.95. The first-order chi connectivity index (χ1) is 5.36. The first-order valence-corrected chi connectivity index (χ1v) is 4.58. The number of aliphatic hydroxyl groups excluding tert-OH is 2. The molecule has 2 fully saturated rings. The molecule has 0 amide bonds. The molecule has 2 heteroatoms. The van der Waals surface area contributed by atoms with Gasteiger partial charge in [0, 0.05) is 13.2 Å². The van der Waals surface area contributed by atoms with Crippen molar-refractivity contribution in [3.05, 3.63) is 0 Å². The Kier molecular flexibility index (Phi) is 1.90. The van der Waals surface area contributed by atoms with Crippen molar-refractivity contribution in [2.75, 3.05) is 13.2 Å². The molecule has 0 aliphatic heterocycles. The van der Waals surface area contributed by atoms with Crippen molar-refractivity contribution >= 4 is 0 Å². The second-order valence-electron chi connectivity index (χ2n) is 4.03. The second-order valence-corrected chi connectivity index (χ2v) is 4.03. The molecule has 2 bridgehead atoms. The van der Waals surface area contributed by atoms with Crippen LogP contribution in [0.25, 0.3) is 0 Å². The SMILES string of the molecule is OC[C@@H]1[C@@H]2CC[C@@H](C2)[C@@H]1CO. The van der Waals surface area contributed by atoms with Crippen molar-refractivity contribution in [1.29, 1.82) is 0 Å². The normalized spacial score (nSPS) is 48.5. The van der Waals surface area contributed by atoms with Gasteiger partial charge < -0.3 is 10.2 Å². The monoisotopic (exact) mass is 156 g/mol. The zero-order chi connectivity index (χ0) is 7.84. The third kappa shape index (κ3) is 1.00. The lowest BCUT2D eigenvalue weighted by Crippen LogP contribution is -2.27. The zero-order valence-electron chi connectivity index (χ0n) is 6.74. The Labute approximate surface area is 67.2 Å². The van der Waals surface area contributed by atoms with E-state index >= 15 is 0 Å². The van der Waals surface area contributed by atoms with E-state index in [-0.39, 0.29) is 13.2 Å². The Balaban J connectivity index is 2.08. The first-order valence-electron chi connectivity index (χ1n) is 4.58. The first kappa shape index (κ1) is 7.56. The molecule has 0 spiro atoms. The van der Waals surface area contributed by atoms with Gasteiger partial charge in [-0.05, 0) is 42.9 Å². The van der Waals surface area contributed by atoms with Crippen LogP contribution in [0.1, 0.15) is 19.3 Å². The fraction of sp³-hybridized carbons (Fsp3) is 1.00. The summed E-state index contributed by atoms with van der Waals surface area (Å²) in [6.07, 6.45) is 3.83. The largest absolute Gasteiger partial charge is 0.396 e. The fourth-order valence-corrected chi connectivity index (χ4v) is 3.10. The number of hydrogen-bond acceptors (Lipinski definition) is 2. The molecule has 2 N–H and O–H groups in total. The lowest BCUT2D eigenvalue weighted by molar-refractivity contribution is 0.0791. The van der Waals surface area contributed by atoms with Crippen molar-refractivity contribution in [1.82, 2.24) is 0 Å². The van der Waals surface area contributed by atoms with Crippen LogP contribution in [0, 0.1) is 23.7 Å². The highest BCUT2D eigenvalue weighted by atomic mass is 16.3. The average molecular weight is 156 g/mol.